The van der Waals surface area contributed by atoms with Crippen LogP contribution in [0.3, 0.4) is 0 Å². The summed E-state index contributed by atoms with van der Waals surface area (Å²) < 4.78 is 5.31. The molecular weight excluding hydrogens is 290 g/mol. The number of rotatable bonds is 4. The number of hydrogen-bond donors (Lipinski definition) is 3. The molecular formula is C14H18ClN5O. The molecule has 0 saturated carbocycles. The van der Waals surface area contributed by atoms with E-state index in [1.807, 2.05) is 36.4 Å². The van der Waals surface area contributed by atoms with E-state index in [1.54, 1.807) is 17.2 Å². The van der Waals surface area contributed by atoms with E-state index in [0.29, 0.717) is 13.1 Å². The molecule has 0 fully saturated rings. The molecule has 0 aliphatic carbocycles. The number of furan rings is 1. The molecule has 5 N–H and O–H groups in total. The maximum atomic E-state index is 7.96. The number of aliphatic imine (C=N–C) groups is 1. The van der Waals surface area contributed by atoms with Gasteiger partial charge < -0.3 is 20.8 Å². The van der Waals surface area contributed by atoms with Gasteiger partial charge >= 0.3 is 0 Å². The monoisotopic (exact) mass is 307 g/mol. The van der Waals surface area contributed by atoms with Gasteiger partial charge in [-0.05, 0) is 17.7 Å². The fraction of sp³-hybridized carbons (Fsp3) is 0.143. The second kappa shape index (κ2) is 7.96. The summed E-state index contributed by atoms with van der Waals surface area (Å²) in [6.45, 7) is 0.953. The zero-order chi connectivity index (χ0) is 14.4. The molecule has 21 heavy (non-hydrogen) atoms. The second-order valence-electron chi connectivity index (χ2n) is 4.28. The van der Waals surface area contributed by atoms with Gasteiger partial charge in [0.05, 0.1) is 12.8 Å². The summed E-state index contributed by atoms with van der Waals surface area (Å²) >= 11 is 0. The van der Waals surface area contributed by atoms with E-state index in [4.69, 9.17) is 21.3 Å². The molecule has 0 spiro atoms. The lowest BCUT2D eigenvalue weighted by atomic mass is 10.2. The Balaban J connectivity index is 0.00000220. The minimum Gasteiger partial charge on any atom is -0.467 e. The molecule has 0 aliphatic heterocycles. The number of guanidine groups is 2. The Morgan fingerprint density at radius 3 is 2.38 bits per heavy atom. The Bertz CT molecular complexity index is 579. The van der Waals surface area contributed by atoms with Gasteiger partial charge in [-0.1, -0.05) is 30.3 Å². The van der Waals surface area contributed by atoms with Crippen LogP contribution >= 0.6 is 12.4 Å². The van der Waals surface area contributed by atoms with Gasteiger partial charge in [0, 0.05) is 6.54 Å². The van der Waals surface area contributed by atoms with Gasteiger partial charge in [-0.15, -0.1) is 12.4 Å². The van der Waals surface area contributed by atoms with Crippen LogP contribution in [0.5, 0.6) is 0 Å². The third-order valence-corrected chi connectivity index (χ3v) is 2.68. The van der Waals surface area contributed by atoms with Gasteiger partial charge in [-0.3, -0.25) is 5.41 Å². The summed E-state index contributed by atoms with van der Waals surface area (Å²) in [5, 5.41) is 7.96. The van der Waals surface area contributed by atoms with Crippen LogP contribution in [0.2, 0.25) is 0 Å². The summed E-state index contributed by atoms with van der Waals surface area (Å²) in [5.74, 6) is 0.620. The summed E-state index contributed by atoms with van der Waals surface area (Å²) in [6, 6.07) is 13.5. The lowest BCUT2D eigenvalue weighted by Gasteiger charge is -2.21. The van der Waals surface area contributed by atoms with Crippen molar-refractivity contribution in [1.29, 1.82) is 5.41 Å². The minimum absolute atomic E-state index is 0. The molecule has 0 atom stereocenters. The van der Waals surface area contributed by atoms with Crippen LogP contribution < -0.4 is 11.5 Å². The van der Waals surface area contributed by atoms with Gasteiger partial charge in [0.25, 0.3) is 0 Å². The fourth-order valence-electron chi connectivity index (χ4n) is 1.79. The van der Waals surface area contributed by atoms with Crippen LogP contribution in [0.4, 0.5) is 0 Å². The number of nitrogens with two attached hydrogens (primary N) is 2. The van der Waals surface area contributed by atoms with Gasteiger partial charge in [0.2, 0.25) is 5.96 Å². The lowest BCUT2D eigenvalue weighted by molar-refractivity contribution is 0.351. The normalized spacial score (nSPS) is 9.52. The number of nitrogens with zero attached hydrogens (tertiary/aromatic N) is 2. The molecule has 0 bridgehead atoms. The number of halogens is 1. The van der Waals surface area contributed by atoms with Gasteiger partial charge in [-0.2, -0.15) is 4.99 Å². The fourth-order valence-corrected chi connectivity index (χ4v) is 1.79. The van der Waals surface area contributed by atoms with Gasteiger partial charge in [0.1, 0.15) is 5.76 Å². The Morgan fingerprint density at radius 1 is 1.10 bits per heavy atom. The van der Waals surface area contributed by atoms with Crippen molar-refractivity contribution in [3.8, 4) is 0 Å². The maximum absolute atomic E-state index is 7.96. The Labute approximate surface area is 129 Å². The molecule has 2 rings (SSSR count). The first-order valence-corrected chi connectivity index (χ1v) is 6.14. The van der Waals surface area contributed by atoms with Crippen molar-refractivity contribution in [3.05, 3.63) is 60.1 Å². The zero-order valence-electron chi connectivity index (χ0n) is 11.4. The number of nitrogens with one attached hydrogen (secondary N) is 1. The van der Waals surface area contributed by atoms with E-state index < -0.39 is 0 Å². The topological polar surface area (TPSA) is 105 Å². The highest BCUT2D eigenvalue weighted by atomic mass is 35.5. The molecule has 6 nitrogen and oxygen atoms in total. The van der Waals surface area contributed by atoms with Crippen LogP contribution in [0.1, 0.15) is 11.3 Å². The van der Waals surface area contributed by atoms with Crippen molar-refractivity contribution >= 4 is 24.3 Å². The van der Waals surface area contributed by atoms with Gasteiger partial charge in [0.15, 0.2) is 5.96 Å². The van der Waals surface area contributed by atoms with Crippen molar-refractivity contribution in [1.82, 2.24) is 4.90 Å². The molecule has 1 aromatic heterocycles. The first-order valence-electron chi connectivity index (χ1n) is 6.14. The standard InChI is InChI=1S/C14H17N5O.ClH/c15-13(16)18-14(17)19(10-12-7-4-8-20-12)9-11-5-2-1-3-6-11;/h1-8H,9-10H2,(H5,15,16,17,18);1H. The van der Waals surface area contributed by atoms with E-state index >= 15 is 0 Å². The zero-order valence-corrected chi connectivity index (χ0v) is 12.2. The van der Waals surface area contributed by atoms with Crippen LogP contribution in [0.15, 0.2) is 58.1 Å². The molecule has 1 heterocycles. The minimum atomic E-state index is -0.132. The first-order chi connectivity index (χ1) is 9.65. The van der Waals surface area contributed by atoms with Crippen LogP contribution in [0.25, 0.3) is 0 Å². The summed E-state index contributed by atoms with van der Waals surface area (Å²) in [6.07, 6.45) is 1.60. The maximum Gasteiger partial charge on any atom is 0.221 e. The Hall–Kier alpha value is -2.47. The summed E-state index contributed by atoms with van der Waals surface area (Å²) in [4.78, 5) is 5.52. The third kappa shape index (κ3) is 5.19. The van der Waals surface area contributed by atoms with Crippen molar-refractivity contribution in [2.24, 2.45) is 16.5 Å². The average molecular weight is 308 g/mol. The summed E-state index contributed by atoms with van der Waals surface area (Å²) in [7, 11) is 0. The van der Waals surface area contributed by atoms with Crippen molar-refractivity contribution in [2.45, 2.75) is 13.1 Å². The molecule has 1 aromatic carbocycles. The largest absolute Gasteiger partial charge is 0.467 e. The smallest absolute Gasteiger partial charge is 0.221 e. The Kier molecular flexibility index (Phi) is 6.29. The highest BCUT2D eigenvalue weighted by molar-refractivity contribution is 5.91. The Morgan fingerprint density at radius 2 is 1.81 bits per heavy atom. The summed E-state index contributed by atoms with van der Waals surface area (Å²) in [5.41, 5.74) is 11.7. The predicted molar refractivity (Wildman–Crippen MR) is 85.2 cm³/mol. The number of benzene rings is 1. The molecule has 112 valence electrons. The SMILES string of the molecule is Cl.N=C(N=C(N)N)N(Cc1ccccc1)Cc1ccco1. The highest BCUT2D eigenvalue weighted by Gasteiger charge is 2.12. The quantitative estimate of drug-likeness (QED) is 0.592. The van der Waals surface area contributed by atoms with Crippen LogP contribution in [0, 0.1) is 5.41 Å². The highest BCUT2D eigenvalue weighted by Crippen LogP contribution is 2.11. The van der Waals surface area contributed by atoms with Crippen LogP contribution in [-0.2, 0) is 13.1 Å². The van der Waals surface area contributed by atoms with E-state index in [0.717, 1.165) is 11.3 Å². The molecule has 0 radical (unpaired) electrons. The molecule has 0 amide bonds. The van der Waals surface area contributed by atoms with Gasteiger partial charge in [-0.25, -0.2) is 0 Å². The van der Waals surface area contributed by atoms with E-state index in [9.17, 15) is 0 Å². The lowest BCUT2D eigenvalue weighted by Crippen LogP contribution is -2.32. The first kappa shape index (κ1) is 16.6. The van der Waals surface area contributed by atoms with Crippen molar-refractivity contribution < 1.29 is 4.42 Å². The molecule has 0 saturated heterocycles. The molecule has 2 aromatic rings. The molecule has 0 aliphatic rings. The van der Waals surface area contributed by atoms with E-state index in [2.05, 4.69) is 4.99 Å². The van der Waals surface area contributed by atoms with Crippen molar-refractivity contribution in [3.63, 3.8) is 0 Å². The molecule has 7 heteroatoms. The molecule has 0 unspecified atom stereocenters. The number of hydrogen-bond acceptors (Lipinski definition) is 2. The average Bonchev–Trinajstić information content (AvgIpc) is 2.91. The van der Waals surface area contributed by atoms with E-state index in [1.165, 1.54) is 0 Å². The predicted octanol–water partition coefficient (Wildman–Crippen LogP) is 1.91. The van der Waals surface area contributed by atoms with Crippen molar-refractivity contribution in [2.75, 3.05) is 0 Å². The third-order valence-electron chi connectivity index (χ3n) is 2.68. The second-order valence-corrected chi connectivity index (χ2v) is 4.28. The van der Waals surface area contributed by atoms with Crippen LogP contribution in [-0.4, -0.2) is 16.8 Å². The van der Waals surface area contributed by atoms with E-state index in [-0.39, 0.29) is 24.3 Å².